The van der Waals surface area contributed by atoms with Crippen molar-refractivity contribution in [2.45, 2.75) is 18.9 Å². The average Bonchev–Trinajstić information content (AvgIpc) is 3.19. The Morgan fingerprint density at radius 1 is 1.15 bits per heavy atom. The molecule has 138 valence electrons. The number of likely N-dealkylation sites (tertiary alicyclic amines) is 1. The van der Waals surface area contributed by atoms with Crippen molar-refractivity contribution >= 4 is 17.6 Å². The Hall–Kier alpha value is -2.11. The van der Waals surface area contributed by atoms with E-state index < -0.39 is 0 Å². The smallest absolute Gasteiger partial charge is 0.317 e. The molecule has 1 fully saturated rings. The minimum Gasteiger partial charge on any atom is -0.327 e. The van der Waals surface area contributed by atoms with Crippen molar-refractivity contribution in [3.63, 3.8) is 0 Å². The van der Waals surface area contributed by atoms with Gasteiger partial charge in [-0.1, -0.05) is 23.7 Å². The maximum Gasteiger partial charge on any atom is 0.317 e. The van der Waals surface area contributed by atoms with Gasteiger partial charge in [-0.25, -0.2) is 4.79 Å². The molecule has 0 aliphatic carbocycles. The fraction of sp³-hybridized carbons (Fsp3) is 0.400. The molecule has 3 rings (SSSR count). The van der Waals surface area contributed by atoms with Gasteiger partial charge in [-0.2, -0.15) is 0 Å². The van der Waals surface area contributed by atoms with Gasteiger partial charge < -0.3 is 15.1 Å². The first-order chi connectivity index (χ1) is 12.6. The summed E-state index contributed by atoms with van der Waals surface area (Å²) in [5.41, 5.74) is 1.98. The van der Waals surface area contributed by atoms with Crippen LogP contribution in [0.2, 0.25) is 5.02 Å². The number of halogens is 1. The van der Waals surface area contributed by atoms with Gasteiger partial charge in [-0.05, 0) is 61.3 Å². The van der Waals surface area contributed by atoms with Crippen molar-refractivity contribution in [3.05, 3.63) is 64.9 Å². The molecule has 1 aromatic heterocycles. The van der Waals surface area contributed by atoms with Crippen LogP contribution in [-0.2, 0) is 0 Å². The number of carbonyl (C=O) groups is 1. The molecule has 2 heterocycles. The van der Waals surface area contributed by atoms with Crippen LogP contribution in [0.4, 0.5) is 4.79 Å². The van der Waals surface area contributed by atoms with E-state index in [0.717, 1.165) is 37.3 Å². The zero-order valence-corrected chi connectivity index (χ0v) is 15.8. The van der Waals surface area contributed by atoms with Gasteiger partial charge in [0, 0.05) is 37.6 Å². The van der Waals surface area contributed by atoms with Crippen LogP contribution in [0.15, 0.2) is 48.8 Å². The zero-order chi connectivity index (χ0) is 18.4. The number of likely N-dealkylation sites (N-methyl/N-ethyl adjacent to an activating group) is 1. The Bertz CT molecular complexity index is 702. The van der Waals surface area contributed by atoms with Crippen molar-refractivity contribution in [3.8, 4) is 0 Å². The van der Waals surface area contributed by atoms with Crippen LogP contribution in [0.5, 0.6) is 0 Å². The van der Waals surface area contributed by atoms with Crippen LogP contribution >= 0.6 is 11.6 Å². The minimum absolute atomic E-state index is 0.0824. The lowest BCUT2D eigenvalue weighted by atomic mass is 10.00. The summed E-state index contributed by atoms with van der Waals surface area (Å²) in [4.78, 5) is 21.0. The van der Waals surface area contributed by atoms with Crippen molar-refractivity contribution in [2.24, 2.45) is 0 Å². The standard InChI is InChI=1S/C20H25ClN4O/c1-24(14-15-25-12-2-3-13-25)20(26)23-19(17-8-10-22-11-9-17)16-4-6-18(21)7-5-16/h4-11,19H,2-3,12-15H2,1H3,(H,23,26)/t19-/m1/s1. The summed E-state index contributed by atoms with van der Waals surface area (Å²) >= 11 is 6.01. The summed E-state index contributed by atoms with van der Waals surface area (Å²) in [7, 11) is 1.84. The summed E-state index contributed by atoms with van der Waals surface area (Å²) in [5.74, 6) is 0. The highest BCUT2D eigenvalue weighted by molar-refractivity contribution is 6.30. The second kappa shape index (κ2) is 9.01. The molecule has 1 aliphatic heterocycles. The molecule has 5 nitrogen and oxygen atoms in total. The Kier molecular flexibility index (Phi) is 6.47. The first-order valence-electron chi connectivity index (χ1n) is 9.03. The lowest BCUT2D eigenvalue weighted by Crippen LogP contribution is -2.42. The maximum atomic E-state index is 12.7. The van der Waals surface area contributed by atoms with Crippen molar-refractivity contribution in [1.82, 2.24) is 20.1 Å². The van der Waals surface area contributed by atoms with Crippen molar-refractivity contribution in [2.75, 3.05) is 33.2 Å². The number of carbonyl (C=O) groups excluding carboxylic acids is 1. The van der Waals surface area contributed by atoms with E-state index in [4.69, 9.17) is 11.6 Å². The molecule has 6 heteroatoms. The second-order valence-corrected chi connectivity index (χ2v) is 7.12. The number of nitrogens with zero attached hydrogens (tertiary/aromatic N) is 3. The van der Waals surface area contributed by atoms with E-state index in [1.54, 1.807) is 17.3 Å². The second-order valence-electron chi connectivity index (χ2n) is 6.68. The predicted molar refractivity (Wildman–Crippen MR) is 104 cm³/mol. The molecule has 1 atom stereocenters. The Morgan fingerprint density at radius 3 is 2.42 bits per heavy atom. The Balaban J connectivity index is 1.68. The molecule has 2 amide bonds. The number of pyridine rings is 1. The largest absolute Gasteiger partial charge is 0.327 e. The van der Waals surface area contributed by atoms with Crippen LogP contribution in [-0.4, -0.2) is 54.0 Å². The highest BCUT2D eigenvalue weighted by Crippen LogP contribution is 2.23. The fourth-order valence-electron chi connectivity index (χ4n) is 3.20. The van der Waals surface area contributed by atoms with E-state index in [1.165, 1.54) is 12.8 Å². The third-order valence-electron chi connectivity index (χ3n) is 4.81. The Morgan fingerprint density at radius 2 is 1.77 bits per heavy atom. The van der Waals surface area contributed by atoms with E-state index in [2.05, 4.69) is 15.2 Å². The maximum absolute atomic E-state index is 12.7. The lowest BCUT2D eigenvalue weighted by molar-refractivity contribution is 0.198. The molecule has 1 aromatic carbocycles. The van der Waals surface area contributed by atoms with Crippen LogP contribution < -0.4 is 5.32 Å². The summed E-state index contributed by atoms with van der Waals surface area (Å²) in [6.45, 7) is 3.92. The van der Waals surface area contributed by atoms with Crippen LogP contribution in [0.3, 0.4) is 0 Å². The summed E-state index contributed by atoms with van der Waals surface area (Å²) in [6.07, 6.45) is 6.00. The van der Waals surface area contributed by atoms with Crippen LogP contribution in [0.25, 0.3) is 0 Å². The van der Waals surface area contributed by atoms with E-state index >= 15 is 0 Å². The van der Waals surface area contributed by atoms with E-state index in [0.29, 0.717) is 5.02 Å². The van der Waals surface area contributed by atoms with Gasteiger partial charge in [-0.3, -0.25) is 4.98 Å². The van der Waals surface area contributed by atoms with Gasteiger partial charge in [-0.15, -0.1) is 0 Å². The zero-order valence-electron chi connectivity index (χ0n) is 15.1. The van der Waals surface area contributed by atoms with Crippen molar-refractivity contribution < 1.29 is 4.79 Å². The molecule has 0 radical (unpaired) electrons. The molecule has 2 aromatic rings. The summed E-state index contributed by atoms with van der Waals surface area (Å²) < 4.78 is 0. The number of rotatable bonds is 6. The average molecular weight is 373 g/mol. The molecule has 0 saturated carbocycles. The molecule has 1 N–H and O–H groups in total. The predicted octanol–water partition coefficient (Wildman–Crippen LogP) is 3.56. The first kappa shape index (κ1) is 18.7. The summed E-state index contributed by atoms with van der Waals surface area (Å²) in [6, 6.07) is 11.1. The van der Waals surface area contributed by atoms with E-state index in [9.17, 15) is 4.79 Å². The molecule has 0 unspecified atom stereocenters. The monoisotopic (exact) mass is 372 g/mol. The van der Waals surface area contributed by atoms with Gasteiger partial charge in [0.15, 0.2) is 0 Å². The normalized spacial score (nSPS) is 15.6. The molecular weight excluding hydrogens is 348 g/mol. The lowest BCUT2D eigenvalue weighted by Gasteiger charge is -2.26. The molecule has 1 aliphatic rings. The van der Waals surface area contributed by atoms with Crippen molar-refractivity contribution in [1.29, 1.82) is 0 Å². The van der Waals surface area contributed by atoms with Gasteiger partial charge in [0.25, 0.3) is 0 Å². The third-order valence-corrected chi connectivity index (χ3v) is 5.06. The third kappa shape index (κ3) is 4.96. The van der Waals surface area contributed by atoms with Gasteiger partial charge >= 0.3 is 6.03 Å². The minimum atomic E-state index is -0.239. The summed E-state index contributed by atoms with van der Waals surface area (Å²) in [5, 5.41) is 3.82. The highest BCUT2D eigenvalue weighted by Gasteiger charge is 2.20. The number of urea groups is 1. The van der Waals surface area contributed by atoms with E-state index in [-0.39, 0.29) is 12.1 Å². The van der Waals surface area contributed by atoms with Crippen LogP contribution in [0.1, 0.15) is 30.0 Å². The van der Waals surface area contributed by atoms with Gasteiger partial charge in [0.2, 0.25) is 0 Å². The number of aromatic nitrogens is 1. The SMILES string of the molecule is CN(CCN1CCCC1)C(=O)N[C@@H](c1ccncc1)c1ccc(Cl)cc1. The molecule has 1 saturated heterocycles. The fourth-order valence-corrected chi connectivity index (χ4v) is 3.33. The van der Waals surface area contributed by atoms with Crippen LogP contribution in [0, 0.1) is 0 Å². The molecule has 0 spiro atoms. The topological polar surface area (TPSA) is 48.5 Å². The number of amides is 2. The molecule has 0 bridgehead atoms. The number of benzene rings is 1. The number of hydrogen-bond acceptors (Lipinski definition) is 3. The van der Waals surface area contributed by atoms with Gasteiger partial charge in [0.05, 0.1) is 6.04 Å². The highest BCUT2D eigenvalue weighted by atomic mass is 35.5. The first-order valence-corrected chi connectivity index (χ1v) is 9.40. The molecular formula is C20H25ClN4O. The quantitative estimate of drug-likeness (QED) is 0.843. The van der Waals surface area contributed by atoms with E-state index in [1.807, 2.05) is 43.4 Å². The number of hydrogen-bond donors (Lipinski definition) is 1. The van der Waals surface area contributed by atoms with Gasteiger partial charge in [0.1, 0.15) is 0 Å². The Labute approximate surface area is 160 Å². The number of nitrogens with one attached hydrogen (secondary N) is 1. The molecule has 26 heavy (non-hydrogen) atoms.